The summed E-state index contributed by atoms with van der Waals surface area (Å²) in [5, 5.41) is 22.9. The molecule has 0 saturated heterocycles. The molecule has 5 aliphatic rings. The maximum absolute atomic E-state index is 12.7. The van der Waals surface area contributed by atoms with Crippen molar-refractivity contribution in [3.63, 3.8) is 0 Å². The fourth-order valence-corrected chi connectivity index (χ4v) is 9.04. The van der Waals surface area contributed by atoms with E-state index in [2.05, 4.69) is 6.92 Å². The summed E-state index contributed by atoms with van der Waals surface area (Å²) in [7, 11) is 1.63. The molecule has 0 aromatic carbocycles. The van der Waals surface area contributed by atoms with Crippen molar-refractivity contribution in [1.29, 1.82) is 0 Å². The van der Waals surface area contributed by atoms with Crippen molar-refractivity contribution in [2.45, 2.75) is 75.9 Å². The lowest BCUT2D eigenvalue weighted by Gasteiger charge is -2.62. The molecule has 5 aliphatic carbocycles. The summed E-state index contributed by atoms with van der Waals surface area (Å²) in [4.78, 5) is 17.4. The number of ether oxygens (including phenoxy) is 1. The Morgan fingerprint density at radius 1 is 1.21 bits per heavy atom. The first-order valence-electron chi connectivity index (χ1n) is 11.2. The molecule has 1 heterocycles. The fourth-order valence-electron chi connectivity index (χ4n) is 9.04. The maximum Gasteiger partial charge on any atom is 0.334 e. The largest absolute Gasteiger partial charge is 0.667 e. The fraction of sp³-hybridized carbons (Fsp3) is 0.708. The zero-order valence-corrected chi connectivity index (χ0v) is 17.3. The first-order valence-corrected chi connectivity index (χ1v) is 11.2. The SMILES string of the molecule is COC1CCCCC2CCC3CC4=C(C(=O)O)C1(O)C1c5cc[n-]c5CC3(C)C421. The number of fused-ring (bicyclic) bond motifs is 1. The third kappa shape index (κ3) is 1.77. The molecule has 3 saturated carbocycles. The molecule has 0 aliphatic heterocycles. The second kappa shape index (κ2) is 5.55. The van der Waals surface area contributed by atoms with Crippen molar-refractivity contribution in [3.05, 3.63) is 34.7 Å². The van der Waals surface area contributed by atoms with Gasteiger partial charge in [0.25, 0.3) is 0 Å². The molecule has 6 rings (SSSR count). The highest BCUT2D eigenvalue weighted by Gasteiger charge is 2.78. The lowest BCUT2D eigenvalue weighted by Crippen LogP contribution is -2.60. The predicted molar refractivity (Wildman–Crippen MR) is 106 cm³/mol. The summed E-state index contributed by atoms with van der Waals surface area (Å²) >= 11 is 0. The molecule has 1 spiro atoms. The van der Waals surface area contributed by atoms with Gasteiger partial charge in [-0.15, -0.1) is 0 Å². The van der Waals surface area contributed by atoms with Gasteiger partial charge >= 0.3 is 5.97 Å². The van der Waals surface area contributed by atoms with Gasteiger partial charge in [0.15, 0.2) is 0 Å². The van der Waals surface area contributed by atoms with Crippen LogP contribution >= 0.6 is 0 Å². The van der Waals surface area contributed by atoms with Crippen LogP contribution in [-0.4, -0.2) is 35.0 Å². The molecule has 3 fully saturated rings. The third-order valence-corrected chi connectivity index (χ3v) is 9.82. The normalized spacial score (nSPS) is 47.4. The lowest BCUT2D eigenvalue weighted by atomic mass is 9.42. The minimum atomic E-state index is -1.49. The smallest absolute Gasteiger partial charge is 0.334 e. The second-order valence-corrected chi connectivity index (χ2v) is 10.4. The van der Waals surface area contributed by atoms with Gasteiger partial charge in [-0.2, -0.15) is 11.9 Å². The van der Waals surface area contributed by atoms with Crippen LogP contribution in [0.1, 0.15) is 69.0 Å². The van der Waals surface area contributed by atoms with E-state index in [1.165, 1.54) is 0 Å². The molecule has 29 heavy (non-hydrogen) atoms. The summed E-state index contributed by atoms with van der Waals surface area (Å²) in [5.74, 6) is -0.315. The van der Waals surface area contributed by atoms with Crippen LogP contribution in [0.25, 0.3) is 0 Å². The molecule has 1 aromatic heterocycles. The molecule has 7 atom stereocenters. The van der Waals surface area contributed by atoms with Crippen molar-refractivity contribution in [2.24, 2.45) is 22.7 Å². The first kappa shape index (κ1) is 18.2. The molecule has 0 radical (unpaired) electrons. The summed E-state index contributed by atoms with van der Waals surface area (Å²) in [6.45, 7) is 2.38. The van der Waals surface area contributed by atoms with Crippen molar-refractivity contribution in [1.82, 2.24) is 4.98 Å². The summed E-state index contributed by atoms with van der Waals surface area (Å²) in [6, 6.07) is 2.05. The lowest BCUT2D eigenvalue weighted by molar-refractivity contribution is -0.152. The molecule has 3 bridgehead atoms. The van der Waals surface area contributed by atoms with E-state index in [0.717, 1.165) is 61.8 Å². The summed E-state index contributed by atoms with van der Waals surface area (Å²) in [5.41, 5.74) is 1.66. The molecule has 5 nitrogen and oxygen atoms in total. The van der Waals surface area contributed by atoms with Crippen molar-refractivity contribution < 1.29 is 19.7 Å². The van der Waals surface area contributed by atoms with Crippen molar-refractivity contribution in [2.75, 3.05) is 7.11 Å². The summed E-state index contributed by atoms with van der Waals surface area (Å²) < 4.78 is 5.89. The van der Waals surface area contributed by atoms with E-state index >= 15 is 0 Å². The third-order valence-electron chi connectivity index (χ3n) is 9.82. The highest BCUT2D eigenvalue weighted by molar-refractivity contribution is 5.93. The number of methoxy groups -OCH3 is 1. The van der Waals surface area contributed by atoms with E-state index in [0.29, 0.717) is 18.3 Å². The topological polar surface area (TPSA) is 80.9 Å². The van der Waals surface area contributed by atoms with Gasteiger partial charge in [0.1, 0.15) is 5.60 Å². The number of nitrogens with zero attached hydrogens (tertiary/aromatic N) is 1. The maximum atomic E-state index is 12.7. The Bertz CT molecular complexity index is 933. The number of hydrogen-bond donors (Lipinski definition) is 2. The van der Waals surface area contributed by atoms with Gasteiger partial charge in [-0.25, -0.2) is 4.79 Å². The Morgan fingerprint density at radius 2 is 1.97 bits per heavy atom. The van der Waals surface area contributed by atoms with Crippen LogP contribution in [0.3, 0.4) is 0 Å². The van der Waals surface area contributed by atoms with Crippen molar-refractivity contribution >= 4 is 5.97 Å². The number of rotatable bonds is 2. The Hall–Kier alpha value is -1.59. The standard InChI is InChI=1S/C24H30NO4/c1-22-12-17-15(9-10-25-17)20-23(22)13-5-3-4-6-18(29-2)24(20,28)19(21(26)27)16(23)11-14(22)8-7-13/h9-10,13-14,18,20,28H,3-8,11-12H2,1-2H3,(H,26,27)/q-1. The quantitative estimate of drug-likeness (QED) is 0.801. The van der Waals surface area contributed by atoms with Gasteiger partial charge in [0.05, 0.1) is 11.7 Å². The number of carbonyl (C=O) groups is 1. The van der Waals surface area contributed by atoms with Crippen LogP contribution in [0.15, 0.2) is 23.4 Å². The van der Waals surface area contributed by atoms with E-state index in [1.807, 2.05) is 12.3 Å². The van der Waals surface area contributed by atoms with E-state index in [1.54, 1.807) is 7.11 Å². The minimum absolute atomic E-state index is 0.0436. The predicted octanol–water partition coefficient (Wildman–Crippen LogP) is 3.42. The first-order chi connectivity index (χ1) is 13.9. The molecular formula is C24H30NO4-. The number of carboxylic acids is 1. The highest BCUT2D eigenvalue weighted by atomic mass is 16.5. The van der Waals surface area contributed by atoms with Crippen LogP contribution in [0.4, 0.5) is 0 Å². The Kier molecular flexibility index (Phi) is 3.49. The Labute approximate surface area is 171 Å². The van der Waals surface area contributed by atoms with Gasteiger partial charge in [-0.3, -0.25) is 0 Å². The van der Waals surface area contributed by atoms with Crippen LogP contribution < -0.4 is 4.98 Å². The van der Waals surface area contributed by atoms with Gasteiger partial charge in [-0.05, 0) is 61.3 Å². The molecule has 5 heteroatoms. The average Bonchev–Trinajstić information content (AvgIpc) is 3.25. The second-order valence-electron chi connectivity index (χ2n) is 10.4. The molecule has 1 aromatic rings. The van der Waals surface area contributed by atoms with Crippen LogP contribution in [0, 0.1) is 22.7 Å². The molecular weight excluding hydrogens is 366 g/mol. The zero-order valence-electron chi connectivity index (χ0n) is 17.3. The number of aliphatic carboxylic acids is 1. The molecule has 156 valence electrons. The van der Waals surface area contributed by atoms with Crippen LogP contribution in [0.5, 0.6) is 0 Å². The van der Waals surface area contributed by atoms with Gasteiger partial charge in [0, 0.05) is 18.4 Å². The number of allylic oxidation sites excluding steroid dienone is 1. The average molecular weight is 397 g/mol. The molecule has 0 amide bonds. The van der Waals surface area contributed by atoms with Crippen LogP contribution in [0.2, 0.25) is 0 Å². The number of carboxylic acid groups (broad SMARTS) is 1. The molecule has 2 N–H and O–H groups in total. The highest BCUT2D eigenvalue weighted by Crippen LogP contribution is 2.82. The minimum Gasteiger partial charge on any atom is -0.667 e. The Morgan fingerprint density at radius 3 is 2.72 bits per heavy atom. The number of hydrogen-bond acceptors (Lipinski definition) is 3. The van der Waals surface area contributed by atoms with Crippen molar-refractivity contribution in [3.8, 4) is 0 Å². The van der Waals surface area contributed by atoms with E-state index < -0.39 is 17.7 Å². The van der Waals surface area contributed by atoms with Gasteiger partial charge in [-0.1, -0.05) is 31.4 Å². The zero-order chi connectivity index (χ0) is 20.2. The van der Waals surface area contributed by atoms with Gasteiger partial charge < -0.3 is 19.9 Å². The van der Waals surface area contributed by atoms with E-state index in [-0.39, 0.29) is 22.3 Å². The number of aliphatic hydroxyl groups is 1. The van der Waals surface area contributed by atoms with Crippen LogP contribution in [-0.2, 0) is 16.0 Å². The summed E-state index contributed by atoms with van der Waals surface area (Å²) in [6.07, 6.45) is 9.27. The monoisotopic (exact) mass is 396 g/mol. The number of aromatic nitrogens is 1. The molecule has 7 unspecified atom stereocenters. The van der Waals surface area contributed by atoms with E-state index in [9.17, 15) is 15.0 Å². The van der Waals surface area contributed by atoms with Gasteiger partial charge in [0.2, 0.25) is 0 Å². The Balaban J connectivity index is 1.76. The van der Waals surface area contributed by atoms with E-state index in [4.69, 9.17) is 9.72 Å².